The Morgan fingerprint density at radius 3 is 2.89 bits per heavy atom. The third-order valence-corrected chi connectivity index (χ3v) is 3.85. The smallest absolute Gasteiger partial charge is 0.0476 e. The van der Waals surface area contributed by atoms with Crippen molar-refractivity contribution in [2.45, 2.75) is 19.0 Å². The summed E-state index contributed by atoms with van der Waals surface area (Å²) < 4.78 is 0. The van der Waals surface area contributed by atoms with E-state index < -0.39 is 0 Å². The molecule has 2 aromatic rings. The molecule has 3 heteroatoms. The third-order valence-electron chi connectivity index (χ3n) is 3.85. The van der Waals surface area contributed by atoms with Gasteiger partial charge in [-0.05, 0) is 29.2 Å². The Balaban J connectivity index is 1.84. The van der Waals surface area contributed by atoms with Crippen LogP contribution in [0.1, 0.15) is 22.7 Å². The molecule has 0 aliphatic carbocycles. The van der Waals surface area contributed by atoms with E-state index in [2.05, 4.69) is 40.2 Å². The second-order valence-electron chi connectivity index (χ2n) is 5.03. The average Bonchev–Trinajstić information content (AvgIpc) is 2.48. The van der Waals surface area contributed by atoms with Crippen molar-refractivity contribution in [3.05, 3.63) is 65.5 Å². The molecular formula is C16H19N3. The molecule has 0 radical (unpaired) electrons. The van der Waals surface area contributed by atoms with Crippen LogP contribution in [-0.4, -0.2) is 23.0 Å². The Labute approximate surface area is 114 Å². The van der Waals surface area contributed by atoms with Crippen LogP contribution < -0.4 is 5.73 Å². The molecule has 0 spiro atoms. The number of fused-ring (bicyclic) bond motifs is 1. The van der Waals surface area contributed by atoms with Gasteiger partial charge in [0.1, 0.15) is 0 Å². The van der Waals surface area contributed by atoms with Gasteiger partial charge < -0.3 is 5.73 Å². The molecule has 1 atom stereocenters. The molecule has 2 N–H and O–H groups in total. The Morgan fingerprint density at radius 1 is 1.21 bits per heavy atom. The van der Waals surface area contributed by atoms with Crippen molar-refractivity contribution in [2.24, 2.45) is 5.73 Å². The summed E-state index contributed by atoms with van der Waals surface area (Å²) >= 11 is 0. The summed E-state index contributed by atoms with van der Waals surface area (Å²) in [6.45, 7) is 2.65. The maximum absolute atomic E-state index is 6.00. The van der Waals surface area contributed by atoms with Gasteiger partial charge in [0.2, 0.25) is 0 Å². The molecular weight excluding hydrogens is 234 g/mol. The summed E-state index contributed by atoms with van der Waals surface area (Å²) in [7, 11) is 0. The fourth-order valence-electron chi connectivity index (χ4n) is 2.89. The van der Waals surface area contributed by atoms with Crippen molar-refractivity contribution >= 4 is 0 Å². The Bertz CT molecular complexity index is 539. The van der Waals surface area contributed by atoms with Gasteiger partial charge in [-0.15, -0.1) is 0 Å². The highest BCUT2D eigenvalue weighted by Gasteiger charge is 2.25. The standard InChI is InChI=1S/C16H19N3/c17-10-16-15-6-2-1-5-14(15)7-9-19(16)12-13-4-3-8-18-11-13/h1-6,8,11,16H,7,9-10,12,17H2. The summed E-state index contributed by atoms with van der Waals surface area (Å²) in [5.74, 6) is 0. The maximum Gasteiger partial charge on any atom is 0.0476 e. The van der Waals surface area contributed by atoms with E-state index in [1.165, 1.54) is 16.7 Å². The fraction of sp³-hybridized carbons (Fsp3) is 0.312. The molecule has 1 aromatic carbocycles. The molecule has 0 saturated heterocycles. The summed E-state index contributed by atoms with van der Waals surface area (Å²) in [4.78, 5) is 6.65. The first-order chi connectivity index (χ1) is 9.38. The van der Waals surface area contributed by atoms with E-state index in [9.17, 15) is 0 Å². The molecule has 1 aliphatic heterocycles. The lowest BCUT2D eigenvalue weighted by Gasteiger charge is -2.36. The molecule has 0 bridgehead atoms. The van der Waals surface area contributed by atoms with Gasteiger partial charge in [0.05, 0.1) is 0 Å². The second kappa shape index (κ2) is 5.51. The summed E-state index contributed by atoms with van der Waals surface area (Å²) in [6, 6.07) is 13.1. The van der Waals surface area contributed by atoms with Crippen LogP contribution in [0.4, 0.5) is 0 Å². The molecule has 1 aromatic heterocycles. The fourth-order valence-corrected chi connectivity index (χ4v) is 2.89. The largest absolute Gasteiger partial charge is 0.329 e. The molecule has 19 heavy (non-hydrogen) atoms. The van der Waals surface area contributed by atoms with Crippen molar-refractivity contribution in [1.29, 1.82) is 0 Å². The summed E-state index contributed by atoms with van der Waals surface area (Å²) in [5.41, 5.74) is 10.1. The molecule has 1 unspecified atom stereocenters. The third kappa shape index (κ3) is 2.53. The van der Waals surface area contributed by atoms with Gasteiger partial charge in [0.15, 0.2) is 0 Å². The van der Waals surface area contributed by atoms with Gasteiger partial charge >= 0.3 is 0 Å². The zero-order valence-electron chi connectivity index (χ0n) is 11.0. The van der Waals surface area contributed by atoms with Crippen molar-refractivity contribution in [3.63, 3.8) is 0 Å². The lowest BCUT2D eigenvalue weighted by atomic mass is 9.92. The lowest BCUT2D eigenvalue weighted by molar-refractivity contribution is 0.180. The van der Waals surface area contributed by atoms with Gasteiger partial charge in [-0.2, -0.15) is 0 Å². The van der Waals surface area contributed by atoms with Crippen LogP contribution in [0.5, 0.6) is 0 Å². The molecule has 2 heterocycles. The predicted octanol–water partition coefficient (Wildman–Crippen LogP) is 2.14. The minimum atomic E-state index is 0.324. The first-order valence-electron chi connectivity index (χ1n) is 6.79. The van der Waals surface area contributed by atoms with Gasteiger partial charge in [-0.25, -0.2) is 0 Å². The molecule has 0 amide bonds. The Hall–Kier alpha value is -1.71. The highest BCUT2D eigenvalue weighted by atomic mass is 15.2. The van der Waals surface area contributed by atoms with E-state index in [1.54, 1.807) is 0 Å². The number of hydrogen-bond acceptors (Lipinski definition) is 3. The SMILES string of the molecule is NCC1c2ccccc2CCN1Cc1cccnc1. The first-order valence-corrected chi connectivity index (χ1v) is 6.79. The maximum atomic E-state index is 6.00. The number of pyridine rings is 1. The minimum absolute atomic E-state index is 0.324. The highest BCUT2D eigenvalue weighted by Crippen LogP contribution is 2.29. The quantitative estimate of drug-likeness (QED) is 0.911. The highest BCUT2D eigenvalue weighted by molar-refractivity contribution is 5.33. The zero-order valence-corrected chi connectivity index (χ0v) is 11.0. The van der Waals surface area contributed by atoms with Crippen LogP contribution >= 0.6 is 0 Å². The first kappa shape index (κ1) is 12.3. The van der Waals surface area contributed by atoms with Crippen molar-refractivity contribution in [2.75, 3.05) is 13.1 Å². The van der Waals surface area contributed by atoms with Crippen LogP contribution in [0, 0.1) is 0 Å². The zero-order chi connectivity index (χ0) is 13.1. The van der Waals surface area contributed by atoms with Gasteiger partial charge in [-0.3, -0.25) is 9.88 Å². The molecule has 98 valence electrons. The molecule has 3 nitrogen and oxygen atoms in total. The van der Waals surface area contributed by atoms with E-state index in [1.807, 2.05) is 18.5 Å². The van der Waals surface area contributed by atoms with Crippen molar-refractivity contribution < 1.29 is 0 Å². The Kier molecular flexibility index (Phi) is 3.58. The number of aromatic nitrogens is 1. The molecule has 1 aliphatic rings. The van der Waals surface area contributed by atoms with Gasteiger partial charge in [-0.1, -0.05) is 30.3 Å². The van der Waals surface area contributed by atoms with Gasteiger partial charge in [0, 0.05) is 38.1 Å². The predicted molar refractivity (Wildman–Crippen MR) is 76.6 cm³/mol. The molecule has 0 saturated carbocycles. The number of rotatable bonds is 3. The van der Waals surface area contributed by atoms with Crippen LogP contribution in [0.2, 0.25) is 0 Å². The molecule has 0 fully saturated rings. The topological polar surface area (TPSA) is 42.1 Å². The number of benzene rings is 1. The van der Waals surface area contributed by atoms with Gasteiger partial charge in [0.25, 0.3) is 0 Å². The lowest BCUT2D eigenvalue weighted by Crippen LogP contribution is -2.38. The van der Waals surface area contributed by atoms with Crippen LogP contribution in [0.15, 0.2) is 48.8 Å². The average molecular weight is 253 g/mol. The monoisotopic (exact) mass is 253 g/mol. The van der Waals surface area contributed by atoms with Crippen molar-refractivity contribution in [3.8, 4) is 0 Å². The summed E-state index contributed by atoms with van der Waals surface area (Å²) in [5, 5.41) is 0. The van der Waals surface area contributed by atoms with Crippen molar-refractivity contribution in [1.82, 2.24) is 9.88 Å². The van der Waals surface area contributed by atoms with Crippen LogP contribution in [-0.2, 0) is 13.0 Å². The van der Waals surface area contributed by atoms with Crippen LogP contribution in [0.25, 0.3) is 0 Å². The second-order valence-corrected chi connectivity index (χ2v) is 5.03. The normalized spacial score (nSPS) is 19.1. The Morgan fingerprint density at radius 2 is 2.11 bits per heavy atom. The van der Waals surface area contributed by atoms with E-state index in [-0.39, 0.29) is 0 Å². The van der Waals surface area contributed by atoms with E-state index in [4.69, 9.17) is 5.73 Å². The molecule has 3 rings (SSSR count). The van der Waals surface area contributed by atoms with E-state index in [0.29, 0.717) is 12.6 Å². The minimum Gasteiger partial charge on any atom is -0.329 e. The number of nitrogens with zero attached hydrogens (tertiary/aromatic N) is 2. The number of nitrogens with two attached hydrogens (primary N) is 1. The van der Waals surface area contributed by atoms with E-state index >= 15 is 0 Å². The summed E-state index contributed by atoms with van der Waals surface area (Å²) in [6.07, 6.45) is 4.86. The number of hydrogen-bond donors (Lipinski definition) is 1. The van der Waals surface area contributed by atoms with Crippen LogP contribution in [0.3, 0.4) is 0 Å². The van der Waals surface area contributed by atoms with E-state index in [0.717, 1.165) is 19.5 Å².